The lowest BCUT2D eigenvalue weighted by molar-refractivity contribution is 0.206. The first-order valence-electron chi connectivity index (χ1n) is 6.75. The van der Waals surface area contributed by atoms with Crippen LogP contribution in [0.5, 0.6) is 0 Å². The SMILES string of the molecule is CN1C2CCC1c1c(CNC3CC3)noc1C2. The second-order valence-electron chi connectivity index (χ2n) is 5.74. The van der Waals surface area contributed by atoms with Crippen LogP contribution in [0.2, 0.25) is 0 Å². The predicted molar refractivity (Wildman–Crippen MR) is 63.6 cm³/mol. The van der Waals surface area contributed by atoms with Crippen LogP contribution in [0.15, 0.2) is 4.52 Å². The maximum atomic E-state index is 5.55. The van der Waals surface area contributed by atoms with Gasteiger partial charge in [0.25, 0.3) is 0 Å². The molecule has 3 aliphatic rings. The number of hydrogen-bond acceptors (Lipinski definition) is 4. The van der Waals surface area contributed by atoms with Gasteiger partial charge in [-0.15, -0.1) is 0 Å². The minimum atomic E-state index is 0.561. The molecule has 92 valence electrons. The standard InChI is InChI=1S/C13H19N3O/c1-16-9-4-5-11(16)13-10(7-14-8-2-3-8)15-17-12(13)6-9/h8-9,11,14H,2-7H2,1H3. The van der Waals surface area contributed by atoms with Crippen molar-refractivity contribution in [3.63, 3.8) is 0 Å². The van der Waals surface area contributed by atoms with Gasteiger partial charge in [0.15, 0.2) is 0 Å². The highest BCUT2D eigenvalue weighted by atomic mass is 16.5. The van der Waals surface area contributed by atoms with E-state index in [1.54, 1.807) is 0 Å². The summed E-state index contributed by atoms with van der Waals surface area (Å²) in [5.41, 5.74) is 2.55. The third kappa shape index (κ3) is 1.54. The first-order chi connectivity index (χ1) is 8.33. The minimum Gasteiger partial charge on any atom is -0.361 e. The molecule has 1 saturated heterocycles. The van der Waals surface area contributed by atoms with Crippen LogP contribution in [0.1, 0.15) is 48.7 Å². The molecule has 0 spiro atoms. The zero-order chi connectivity index (χ0) is 11.4. The van der Waals surface area contributed by atoms with E-state index in [2.05, 4.69) is 22.4 Å². The van der Waals surface area contributed by atoms with Crippen molar-refractivity contribution in [2.45, 2.75) is 56.8 Å². The van der Waals surface area contributed by atoms with Crippen molar-refractivity contribution in [2.75, 3.05) is 7.05 Å². The normalized spacial score (nSPS) is 31.8. The summed E-state index contributed by atoms with van der Waals surface area (Å²) in [5, 5.41) is 7.83. The largest absolute Gasteiger partial charge is 0.361 e. The molecule has 1 saturated carbocycles. The van der Waals surface area contributed by atoms with E-state index in [9.17, 15) is 0 Å². The second kappa shape index (κ2) is 3.56. The summed E-state index contributed by atoms with van der Waals surface area (Å²) in [6, 6.07) is 1.98. The van der Waals surface area contributed by atoms with Crippen molar-refractivity contribution < 1.29 is 4.52 Å². The molecule has 1 N–H and O–H groups in total. The highest BCUT2D eigenvalue weighted by Gasteiger charge is 2.41. The van der Waals surface area contributed by atoms with Gasteiger partial charge in [-0.05, 0) is 32.7 Å². The Balaban J connectivity index is 1.62. The molecule has 4 rings (SSSR count). The zero-order valence-corrected chi connectivity index (χ0v) is 10.3. The molecule has 4 heteroatoms. The third-order valence-corrected chi connectivity index (χ3v) is 4.61. The van der Waals surface area contributed by atoms with Crippen molar-refractivity contribution in [3.8, 4) is 0 Å². The van der Waals surface area contributed by atoms with E-state index >= 15 is 0 Å². The molecule has 4 nitrogen and oxygen atoms in total. The molecule has 1 aliphatic carbocycles. The van der Waals surface area contributed by atoms with Gasteiger partial charge < -0.3 is 9.84 Å². The molecule has 1 aromatic heterocycles. The summed E-state index contributed by atoms with van der Waals surface area (Å²) in [4.78, 5) is 2.51. The summed E-state index contributed by atoms with van der Waals surface area (Å²) < 4.78 is 5.55. The van der Waals surface area contributed by atoms with Gasteiger partial charge in [-0.2, -0.15) is 0 Å². The third-order valence-electron chi connectivity index (χ3n) is 4.61. The molecular formula is C13H19N3O. The molecule has 0 amide bonds. The van der Waals surface area contributed by atoms with Gasteiger partial charge in [-0.1, -0.05) is 5.16 Å². The van der Waals surface area contributed by atoms with Crippen molar-refractivity contribution in [1.29, 1.82) is 0 Å². The summed E-state index contributed by atoms with van der Waals surface area (Å²) in [5.74, 6) is 1.16. The fourth-order valence-corrected chi connectivity index (χ4v) is 3.37. The van der Waals surface area contributed by atoms with Gasteiger partial charge in [-0.25, -0.2) is 0 Å². The fourth-order valence-electron chi connectivity index (χ4n) is 3.37. The Bertz CT molecular complexity index is 438. The highest BCUT2D eigenvalue weighted by Crippen LogP contribution is 2.43. The lowest BCUT2D eigenvalue weighted by Gasteiger charge is -2.30. The van der Waals surface area contributed by atoms with Crippen LogP contribution in [-0.2, 0) is 13.0 Å². The topological polar surface area (TPSA) is 41.3 Å². The van der Waals surface area contributed by atoms with Crippen molar-refractivity contribution in [2.24, 2.45) is 0 Å². The molecule has 2 fully saturated rings. The Morgan fingerprint density at radius 2 is 2.24 bits per heavy atom. The number of hydrogen-bond donors (Lipinski definition) is 1. The zero-order valence-electron chi connectivity index (χ0n) is 10.3. The maximum Gasteiger partial charge on any atom is 0.143 e. The molecule has 0 aromatic carbocycles. The van der Waals surface area contributed by atoms with E-state index in [1.807, 2.05) is 0 Å². The molecule has 2 unspecified atom stereocenters. The van der Waals surface area contributed by atoms with Crippen LogP contribution in [0.3, 0.4) is 0 Å². The van der Waals surface area contributed by atoms with Crippen LogP contribution in [0.25, 0.3) is 0 Å². The van der Waals surface area contributed by atoms with Gasteiger partial charge in [0.05, 0.1) is 0 Å². The summed E-state index contributed by atoms with van der Waals surface area (Å²) in [6.07, 6.45) is 6.28. The van der Waals surface area contributed by atoms with Crippen LogP contribution in [-0.4, -0.2) is 29.2 Å². The van der Waals surface area contributed by atoms with E-state index in [-0.39, 0.29) is 0 Å². The Morgan fingerprint density at radius 3 is 3.06 bits per heavy atom. The smallest absolute Gasteiger partial charge is 0.143 e. The Morgan fingerprint density at radius 1 is 1.35 bits per heavy atom. The van der Waals surface area contributed by atoms with Gasteiger partial charge in [-0.3, -0.25) is 4.90 Å². The van der Waals surface area contributed by atoms with Gasteiger partial charge in [0, 0.05) is 36.7 Å². The fraction of sp³-hybridized carbons (Fsp3) is 0.769. The number of rotatable bonds is 3. The molecule has 17 heavy (non-hydrogen) atoms. The van der Waals surface area contributed by atoms with Gasteiger partial charge in [0.1, 0.15) is 11.5 Å². The first-order valence-corrected chi connectivity index (χ1v) is 6.75. The van der Waals surface area contributed by atoms with Gasteiger partial charge >= 0.3 is 0 Å². The molecule has 2 aliphatic heterocycles. The maximum absolute atomic E-state index is 5.55. The van der Waals surface area contributed by atoms with E-state index in [0.717, 1.165) is 30.5 Å². The van der Waals surface area contributed by atoms with E-state index in [1.165, 1.54) is 31.2 Å². The van der Waals surface area contributed by atoms with Crippen molar-refractivity contribution in [3.05, 3.63) is 17.0 Å². The van der Waals surface area contributed by atoms with E-state index in [0.29, 0.717) is 12.1 Å². The average molecular weight is 233 g/mol. The molecular weight excluding hydrogens is 214 g/mol. The number of aromatic nitrogens is 1. The van der Waals surface area contributed by atoms with Crippen LogP contribution in [0, 0.1) is 0 Å². The second-order valence-corrected chi connectivity index (χ2v) is 5.74. The lowest BCUT2D eigenvalue weighted by atomic mass is 9.98. The average Bonchev–Trinajstić information content (AvgIpc) is 3.03. The quantitative estimate of drug-likeness (QED) is 0.861. The van der Waals surface area contributed by atoms with E-state index in [4.69, 9.17) is 4.52 Å². The number of nitrogens with zero attached hydrogens (tertiary/aromatic N) is 2. The lowest BCUT2D eigenvalue weighted by Crippen LogP contribution is -2.34. The molecule has 2 bridgehead atoms. The number of likely N-dealkylation sites (N-methyl/N-ethyl adjacent to an activating group) is 1. The molecule has 1 aromatic rings. The molecule has 0 radical (unpaired) electrons. The number of fused-ring (bicyclic) bond motifs is 4. The van der Waals surface area contributed by atoms with Crippen LogP contribution >= 0.6 is 0 Å². The number of nitrogens with one attached hydrogen (secondary N) is 1. The van der Waals surface area contributed by atoms with Crippen LogP contribution < -0.4 is 5.32 Å². The Hall–Kier alpha value is -0.870. The van der Waals surface area contributed by atoms with Crippen LogP contribution in [0.4, 0.5) is 0 Å². The monoisotopic (exact) mass is 233 g/mol. The summed E-state index contributed by atoms with van der Waals surface area (Å²) in [7, 11) is 2.25. The van der Waals surface area contributed by atoms with Crippen molar-refractivity contribution >= 4 is 0 Å². The summed E-state index contributed by atoms with van der Waals surface area (Å²) >= 11 is 0. The minimum absolute atomic E-state index is 0.561. The highest BCUT2D eigenvalue weighted by molar-refractivity contribution is 5.32. The van der Waals surface area contributed by atoms with E-state index < -0.39 is 0 Å². The Labute approximate surface area is 101 Å². The van der Waals surface area contributed by atoms with Crippen molar-refractivity contribution in [1.82, 2.24) is 15.4 Å². The Kier molecular flexibility index (Phi) is 2.11. The summed E-state index contributed by atoms with van der Waals surface area (Å²) in [6.45, 7) is 0.887. The predicted octanol–water partition coefficient (Wildman–Crippen LogP) is 1.62. The molecule has 2 atom stereocenters. The first kappa shape index (κ1) is 10.1. The molecule has 3 heterocycles. The van der Waals surface area contributed by atoms with Gasteiger partial charge in [0.2, 0.25) is 0 Å².